The smallest absolute Gasteiger partial charge is 0.304 e. The summed E-state index contributed by atoms with van der Waals surface area (Å²) in [5, 5.41) is 3.05. The van der Waals surface area contributed by atoms with Crippen LogP contribution in [0.4, 0.5) is 5.69 Å². The van der Waals surface area contributed by atoms with Gasteiger partial charge in [0.25, 0.3) is 0 Å². The van der Waals surface area contributed by atoms with E-state index in [0.29, 0.717) is 5.69 Å². The third kappa shape index (κ3) is 8.42. The third-order valence-corrected chi connectivity index (χ3v) is 8.83. The molecule has 2 amide bonds. The molecular weight excluding hydrogens is 548 g/mol. The monoisotopic (exact) mass is 592 g/mol. The van der Waals surface area contributed by atoms with Crippen LogP contribution in [0.5, 0.6) is 0 Å². The maximum absolute atomic E-state index is 14.4. The number of benzene rings is 3. The van der Waals surface area contributed by atoms with Crippen molar-refractivity contribution in [2.24, 2.45) is 0 Å². The molecule has 1 atom stereocenters. The lowest BCUT2D eigenvalue weighted by Crippen LogP contribution is -2.56. The summed E-state index contributed by atoms with van der Waals surface area (Å²) in [5.41, 5.74) is 4.20. The van der Waals surface area contributed by atoms with Crippen molar-refractivity contribution in [2.75, 3.05) is 24.9 Å². The normalized spacial score (nSPS) is 12.6. The van der Waals surface area contributed by atoms with Gasteiger partial charge in [0, 0.05) is 32.6 Å². The van der Waals surface area contributed by atoms with Gasteiger partial charge in [0.05, 0.1) is 5.69 Å². The molecule has 0 saturated heterocycles. The van der Waals surface area contributed by atoms with Crippen molar-refractivity contribution in [2.45, 2.75) is 66.1 Å². The lowest BCUT2D eigenvalue weighted by molar-refractivity contribution is -0.140. The van der Waals surface area contributed by atoms with Gasteiger partial charge in [-0.15, -0.1) is 0 Å². The Bertz CT molecular complexity index is 1500. The van der Waals surface area contributed by atoms with Crippen LogP contribution < -0.4 is 9.62 Å². The van der Waals surface area contributed by atoms with Crippen molar-refractivity contribution in [3.63, 3.8) is 0 Å². The molecule has 3 aromatic rings. The Kier molecular flexibility index (Phi) is 10.6. The molecule has 0 unspecified atom stereocenters. The number of nitrogens with one attached hydrogen (secondary N) is 1. The largest absolute Gasteiger partial charge is 0.350 e. The molecule has 0 aliphatic carbocycles. The minimum absolute atomic E-state index is 0.142. The molecule has 0 bridgehead atoms. The zero-order chi connectivity index (χ0) is 31.2. The van der Waals surface area contributed by atoms with E-state index in [4.69, 9.17) is 0 Å². The number of hydrogen-bond acceptors (Lipinski definition) is 4. The third-order valence-electron chi connectivity index (χ3n) is 7.02. The van der Waals surface area contributed by atoms with Crippen LogP contribution in [0.15, 0.2) is 72.8 Å². The van der Waals surface area contributed by atoms with E-state index in [1.54, 1.807) is 6.07 Å². The summed E-state index contributed by atoms with van der Waals surface area (Å²) in [6.07, 6.45) is 0.268. The summed E-state index contributed by atoms with van der Waals surface area (Å²) in [7, 11) is -1.17. The van der Waals surface area contributed by atoms with E-state index in [9.17, 15) is 18.0 Å². The van der Waals surface area contributed by atoms with Gasteiger partial charge in [0.2, 0.25) is 11.8 Å². The van der Waals surface area contributed by atoms with Gasteiger partial charge in [-0.1, -0.05) is 66.7 Å². The van der Waals surface area contributed by atoms with Crippen molar-refractivity contribution < 1.29 is 18.0 Å². The molecular formula is C33H44N4O4S. The van der Waals surface area contributed by atoms with Gasteiger partial charge in [0.1, 0.15) is 12.6 Å². The molecule has 0 aromatic heterocycles. The highest BCUT2D eigenvalue weighted by Gasteiger charge is 2.36. The number of rotatable bonds is 11. The Morgan fingerprint density at radius 1 is 0.857 bits per heavy atom. The lowest BCUT2D eigenvalue weighted by atomic mass is 10.00. The van der Waals surface area contributed by atoms with Crippen molar-refractivity contribution in [3.8, 4) is 0 Å². The average molecular weight is 593 g/mol. The summed E-state index contributed by atoms with van der Waals surface area (Å²) in [6, 6.07) is 21.9. The van der Waals surface area contributed by atoms with E-state index < -0.39 is 34.2 Å². The number of carbonyl (C=O) groups excluding carboxylic acids is 2. The molecule has 8 nitrogen and oxygen atoms in total. The summed E-state index contributed by atoms with van der Waals surface area (Å²) >= 11 is 0. The number of nitrogens with zero attached hydrogens (tertiary/aromatic N) is 3. The Balaban J connectivity index is 2.16. The van der Waals surface area contributed by atoms with Crippen LogP contribution in [0.25, 0.3) is 0 Å². The van der Waals surface area contributed by atoms with Crippen LogP contribution in [-0.2, 0) is 32.8 Å². The molecule has 0 spiro atoms. The lowest BCUT2D eigenvalue weighted by Gasteiger charge is -2.36. The molecule has 0 aliphatic heterocycles. The molecule has 42 heavy (non-hydrogen) atoms. The summed E-state index contributed by atoms with van der Waals surface area (Å²) in [5.74, 6) is -0.781. The van der Waals surface area contributed by atoms with E-state index in [-0.39, 0.29) is 18.9 Å². The highest BCUT2D eigenvalue weighted by Crippen LogP contribution is 2.26. The quantitative estimate of drug-likeness (QED) is 0.347. The molecule has 0 radical (unpaired) electrons. The molecule has 9 heteroatoms. The Labute approximate surface area is 251 Å². The van der Waals surface area contributed by atoms with Gasteiger partial charge in [-0.3, -0.25) is 9.59 Å². The molecule has 0 heterocycles. The number of amides is 2. The average Bonchev–Trinajstić information content (AvgIpc) is 2.91. The van der Waals surface area contributed by atoms with Crippen molar-refractivity contribution in [3.05, 3.63) is 101 Å². The van der Waals surface area contributed by atoms with Crippen molar-refractivity contribution in [1.82, 2.24) is 14.5 Å². The van der Waals surface area contributed by atoms with Gasteiger partial charge >= 0.3 is 10.2 Å². The maximum atomic E-state index is 14.4. The highest BCUT2D eigenvalue weighted by atomic mass is 32.2. The Morgan fingerprint density at radius 3 is 2.07 bits per heavy atom. The minimum Gasteiger partial charge on any atom is -0.350 e. The van der Waals surface area contributed by atoms with E-state index in [2.05, 4.69) is 5.32 Å². The zero-order valence-electron chi connectivity index (χ0n) is 26.0. The number of aryl methyl sites for hydroxylation is 3. The fraction of sp³-hybridized carbons (Fsp3) is 0.394. The minimum atomic E-state index is -4.06. The van der Waals surface area contributed by atoms with Gasteiger partial charge < -0.3 is 10.2 Å². The second kappa shape index (κ2) is 13.5. The van der Waals surface area contributed by atoms with E-state index in [1.165, 1.54) is 19.0 Å². The topological polar surface area (TPSA) is 90.0 Å². The van der Waals surface area contributed by atoms with Gasteiger partial charge in [-0.2, -0.15) is 12.7 Å². The second-order valence-electron chi connectivity index (χ2n) is 12.0. The number of hydrogen-bond donors (Lipinski definition) is 1. The van der Waals surface area contributed by atoms with Crippen molar-refractivity contribution >= 4 is 27.7 Å². The number of carbonyl (C=O) groups is 2. The first-order chi connectivity index (χ1) is 19.6. The fourth-order valence-corrected chi connectivity index (χ4v) is 5.78. The predicted octanol–water partition coefficient (Wildman–Crippen LogP) is 4.78. The SMILES string of the molecule is Cc1ccc(C)c(N(CC(=O)N(Cc2ccccc2C)[C@@H](Cc2ccccc2)C(=O)NC(C)(C)C)S(=O)(=O)N(C)C)c1. The maximum Gasteiger partial charge on any atom is 0.304 e. The van der Waals surface area contributed by atoms with Gasteiger partial charge in [-0.25, -0.2) is 4.31 Å². The molecule has 0 saturated carbocycles. The highest BCUT2D eigenvalue weighted by molar-refractivity contribution is 7.90. The van der Waals surface area contributed by atoms with E-state index in [0.717, 1.165) is 36.4 Å². The van der Waals surface area contributed by atoms with Crippen LogP contribution in [0, 0.1) is 20.8 Å². The summed E-state index contributed by atoms with van der Waals surface area (Å²) < 4.78 is 29.5. The molecule has 0 fully saturated rings. The van der Waals surface area contributed by atoms with Gasteiger partial charge in [-0.05, 0) is 75.4 Å². The fourth-order valence-electron chi connectivity index (χ4n) is 4.67. The van der Waals surface area contributed by atoms with Crippen LogP contribution in [-0.4, -0.2) is 61.7 Å². The summed E-state index contributed by atoms with van der Waals surface area (Å²) in [4.78, 5) is 29.9. The first kappa shape index (κ1) is 32.8. The number of anilines is 1. The first-order valence-corrected chi connectivity index (χ1v) is 15.5. The van der Waals surface area contributed by atoms with Crippen LogP contribution >= 0.6 is 0 Å². The van der Waals surface area contributed by atoms with Crippen LogP contribution in [0.1, 0.15) is 48.6 Å². The first-order valence-electron chi connectivity index (χ1n) is 14.1. The molecule has 3 aromatic carbocycles. The summed E-state index contributed by atoms with van der Waals surface area (Å²) in [6.45, 7) is 11.0. The van der Waals surface area contributed by atoms with Crippen molar-refractivity contribution in [1.29, 1.82) is 0 Å². The van der Waals surface area contributed by atoms with Gasteiger partial charge in [0.15, 0.2) is 0 Å². The molecule has 1 N–H and O–H groups in total. The standard InChI is InChI=1S/C33H44N4O4S/c1-24-18-19-26(3)29(20-24)37(42(40,41)35(7)8)23-31(38)36(22-28-17-13-12-14-25(28)2)30(32(39)34-33(4,5)6)21-27-15-10-9-11-16-27/h9-20,30H,21-23H2,1-8H3,(H,34,39)/t30-/m0/s1. The Hall–Kier alpha value is -3.69. The second-order valence-corrected chi connectivity index (χ2v) is 14.0. The molecule has 3 rings (SSSR count). The van der Waals surface area contributed by atoms with Crippen LogP contribution in [0.3, 0.4) is 0 Å². The van der Waals surface area contributed by atoms with E-state index >= 15 is 0 Å². The zero-order valence-corrected chi connectivity index (χ0v) is 26.8. The van der Waals surface area contributed by atoms with Crippen LogP contribution in [0.2, 0.25) is 0 Å². The molecule has 226 valence electrons. The van der Waals surface area contributed by atoms with E-state index in [1.807, 2.05) is 108 Å². The molecule has 0 aliphatic rings. The predicted molar refractivity (Wildman–Crippen MR) is 169 cm³/mol. The Morgan fingerprint density at radius 2 is 1.48 bits per heavy atom.